The van der Waals surface area contributed by atoms with Gasteiger partial charge in [0.05, 0.1) is 19.0 Å². The standard InChI is InChI=1S/2C19H18N6O.Fe/c1-19(2,3)13-8-9-16(26)14(11-13)23-24-18-15(20-4)12-22-25(18)17-7-5-6-10-21-17;1-19(2,3)14-7-8-16(26)15(10-14)23-24-18-13(11-20)12-22-25(18)17-6-4-5-9-21-17;/h5-12,26H,1-3H3;4-10,12,26H,1-3H3;. The van der Waals surface area contributed by atoms with Gasteiger partial charge in [-0.05, 0) is 70.5 Å². The van der Waals surface area contributed by atoms with Crippen LogP contribution in [0.2, 0.25) is 0 Å². The molecule has 4 aromatic heterocycles. The van der Waals surface area contributed by atoms with Crippen LogP contribution in [0.3, 0.4) is 0 Å². The molecule has 4 heterocycles. The summed E-state index contributed by atoms with van der Waals surface area (Å²) in [6, 6.07) is 23.3. The van der Waals surface area contributed by atoms with Crippen LogP contribution in [0.15, 0.2) is 118 Å². The van der Waals surface area contributed by atoms with Crippen molar-refractivity contribution < 1.29 is 27.3 Å². The van der Waals surface area contributed by atoms with E-state index in [1.807, 2.05) is 30.3 Å². The van der Waals surface area contributed by atoms with Crippen molar-refractivity contribution in [2.45, 2.75) is 52.4 Å². The smallest absolute Gasteiger partial charge is 0.252 e. The van der Waals surface area contributed by atoms with E-state index in [1.165, 1.54) is 21.8 Å². The molecule has 0 amide bonds. The van der Waals surface area contributed by atoms with E-state index in [0.717, 1.165) is 11.1 Å². The third-order valence-corrected chi connectivity index (χ3v) is 7.63. The molecule has 0 saturated heterocycles. The second-order valence-corrected chi connectivity index (χ2v) is 13.5. The molecule has 0 spiro atoms. The van der Waals surface area contributed by atoms with E-state index in [0.29, 0.717) is 23.0 Å². The molecule has 15 heteroatoms. The van der Waals surface area contributed by atoms with E-state index in [9.17, 15) is 15.5 Å². The molecule has 0 unspecified atom stereocenters. The van der Waals surface area contributed by atoms with E-state index < -0.39 is 0 Å². The van der Waals surface area contributed by atoms with Crippen LogP contribution >= 0.6 is 0 Å². The van der Waals surface area contributed by atoms with Crippen molar-refractivity contribution in [1.82, 2.24) is 29.5 Å². The summed E-state index contributed by atoms with van der Waals surface area (Å²) in [4.78, 5) is 11.9. The number of phenolic OH excluding ortho intramolecular Hbond substituents is 2. The first-order valence-corrected chi connectivity index (χ1v) is 16.1. The number of phenols is 2. The van der Waals surface area contributed by atoms with Gasteiger partial charge in [0.1, 0.15) is 34.5 Å². The molecule has 6 rings (SSSR count). The van der Waals surface area contributed by atoms with Gasteiger partial charge >= 0.3 is 0 Å². The second kappa shape index (κ2) is 16.7. The predicted molar refractivity (Wildman–Crippen MR) is 196 cm³/mol. The van der Waals surface area contributed by atoms with Gasteiger partial charge in [-0.1, -0.05) is 65.8 Å². The monoisotopic (exact) mass is 748 g/mol. The molecular weight excluding hydrogens is 712 g/mol. The van der Waals surface area contributed by atoms with Gasteiger partial charge in [-0.2, -0.15) is 20.1 Å². The number of hydrogen-bond acceptors (Lipinski definition) is 11. The largest absolute Gasteiger partial charge is 0.506 e. The Bertz CT molecular complexity index is 2160. The molecule has 0 saturated carbocycles. The van der Waals surface area contributed by atoms with Crippen molar-refractivity contribution in [2.75, 3.05) is 0 Å². The first kappa shape index (κ1) is 39.2. The van der Waals surface area contributed by atoms with E-state index in [2.05, 4.69) is 87.0 Å². The molecule has 0 fully saturated rings. The molecule has 0 bridgehead atoms. The Morgan fingerprint density at radius 3 is 1.58 bits per heavy atom. The molecule has 0 atom stereocenters. The molecule has 2 aromatic carbocycles. The molecule has 53 heavy (non-hydrogen) atoms. The Morgan fingerprint density at radius 2 is 1.15 bits per heavy atom. The zero-order valence-electron chi connectivity index (χ0n) is 29.9. The van der Waals surface area contributed by atoms with Gasteiger partial charge < -0.3 is 10.2 Å². The van der Waals surface area contributed by atoms with Crippen molar-refractivity contribution >= 4 is 28.7 Å². The summed E-state index contributed by atoms with van der Waals surface area (Å²) < 4.78 is 2.88. The third kappa shape index (κ3) is 9.42. The number of aromatic nitrogens is 6. The Labute approximate surface area is 317 Å². The molecule has 6 aromatic rings. The van der Waals surface area contributed by atoms with Crippen LogP contribution < -0.4 is 0 Å². The van der Waals surface area contributed by atoms with Crippen molar-refractivity contribution in [3.8, 4) is 29.2 Å². The maximum Gasteiger partial charge on any atom is 0.252 e. The summed E-state index contributed by atoms with van der Waals surface area (Å²) in [5.41, 5.74) is 3.05. The van der Waals surface area contributed by atoms with Crippen LogP contribution in [0.1, 0.15) is 58.2 Å². The Kier molecular flexibility index (Phi) is 12.3. The normalized spacial score (nSPS) is 11.4. The van der Waals surface area contributed by atoms with E-state index in [1.54, 1.807) is 60.9 Å². The maximum absolute atomic E-state index is 10.1. The fourth-order valence-electron chi connectivity index (χ4n) is 4.66. The van der Waals surface area contributed by atoms with Gasteiger partial charge in [-0.15, -0.1) is 20.5 Å². The number of rotatable bonds is 6. The fraction of sp³-hybridized carbons (Fsp3) is 0.211. The summed E-state index contributed by atoms with van der Waals surface area (Å²) in [5, 5.41) is 54.5. The number of pyridine rings is 2. The number of aromatic hydroxyl groups is 2. The summed E-state index contributed by atoms with van der Waals surface area (Å²) >= 11 is 0. The third-order valence-electron chi connectivity index (χ3n) is 7.63. The summed E-state index contributed by atoms with van der Waals surface area (Å²) in [6.07, 6.45) is 6.09. The van der Waals surface area contributed by atoms with Gasteiger partial charge in [0.25, 0.3) is 5.69 Å². The van der Waals surface area contributed by atoms with Crippen LogP contribution in [0.25, 0.3) is 16.5 Å². The minimum atomic E-state index is -0.0918. The molecule has 268 valence electrons. The Hall–Kier alpha value is -6.54. The van der Waals surface area contributed by atoms with Crippen molar-refractivity contribution in [3.05, 3.63) is 126 Å². The van der Waals surface area contributed by atoms with E-state index in [4.69, 9.17) is 6.57 Å². The maximum atomic E-state index is 10.1. The summed E-state index contributed by atoms with van der Waals surface area (Å²) in [6.45, 7) is 19.8. The number of nitriles is 1. The van der Waals surface area contributed by atoms with Gasteiger partial charge in [0.15, 0.2) is 23.3 Å². The molecule has 0 radical (unpaired) electrons. The molecular formula is C38H36FeN12O2. The van der Waals surface area contributed by atoms with Crippen LogP contribution in [-0.2, 0) is 27.9 Å². The topological polar surface area (TPSA) is 179 Å². The van der Waals surface area contributed by atoms with Gasteiger partial charge in [-0.25, -0.2) is 19.5 Å². The van der Waals surface area contributed by atoms with Crippen molar-refractivity contribution in [1.29, 1.82) is 5.26 Å². The van der Waals surface area contributed by atoms with Crippen LogP contribution in [0, 0.1) is 17.9 Å². The van der Waals surface area contributed by atoms with Crippen LogP contribution in [0.5, 0.6) is 11.5 Å². The van der Waals surface area contributed by atoms with E-state index >= 15 is 0 Å². The molecule has 0 aliphatic rings. The molecule has 0 aliphatic carbocycles. The quantitative estimate of drug-likeness (QED) is 0.0966. The van der Waals surface area contributed by atoms with E-state index in [-0.39, 0.29) is 62.3 Å². The van der Waals surface area contributed by atoms with Gasteiger partial charge in [-0.3, -0.25) is 0 Å². The minimum absolute atomic E-state index is 0. The average molecular weight is 749 g/mol. The van der Waals surface area contributed by atoms with Gasteiger partial charge in [0, 0.05) is 29.5 Å². The molecule has 0 aliphatic heterocycles. The number of benzene rings is 2. The van der Waals surface area contributed by atoms with Gasteiger partial charge in [0.2, 0.25) is 0 Å². The minimum Gasteiger partial charge on any atom is -0.506 e. The SMILES string of the molecule is CC(C)(C)c1ccc(O)c(N=Nc2c(C#N)cnn2-c2ccccn2)c1.[C-]#[N+]c1cnn(-c2ccccn2)c1N=Nc1cc(C(C)(C)C)ccc1O.[Fe]. The number of azo groups is 2. The number of nitrogens with zero attached hydrogens (tertiary/aromatic N) is 12. The summed E-state index contributed by atoms with van der Waals surface area (Å²) in [7, 11) is 0. The Morgan fingerprint density at radius 1 is 0.679 bits per heavy atom. The van der Waals surface area contributed by atoms with Crippen molar-refractivity contribution in [3.63, 3.8) is 0 Å². The fourth-order valence-corrected chi connectivity index (χ4v) is 4.66. The van der Waals surface area contributed by atoms with Crippen molar-refractivity contribution in [2.24, 2.45) is 20.5 Å². The average Bonchev–Trinajstić information content (AvgIpc) is 3.74. The van der Waals surface area contributed by atoms with Crippen LogP contribution in [-0.4, -0.2) is 39.7 Å². The van der Waals surface area contributed by atoms with Crippen LogP contribution in [0.4, 0.5) is 28.7 Å². The number of hydrogen-bond donors (Lipinski definition) is 2. The second-order valence-electron chi connectivity index (χ2n) is 13.5. The predicted octanol–water partition coefficient (Wildman–Crippen LogP) is 9.79. The first-order chi connectivity index (χ1) is 24.8. The zero-order chi connectivity index (χ0) is 37.5. The summed E-state index contributed by atoms with van der Waals surface area (Å²) in [5.74, 6) is 1.62. The molecule has 2 N–H and O–H groups in total. The first-order valence-electron chi connectivity index (χ1n) is 16.1. The Balaban J connectivity index is 0.000000232. The molecule has 14 nitrogen and oxygen atoms in total. The zero-order valence-corrected chi connectivity index (χ0v) is 31.0.